The number of rotatable bonds is 10. The third kappa shape index (κ3) is 7.52. The smallest absolute Gasteiger partial charge is 0.256 e. The molecule has 3 atom stereocenters. The number of carbonyl (C=O) groups is 3. The van der Waals surface area contributed by atoms with Gasteiger partial charge in [-0.25, -0.2) is 8.42 Å². The number of amides is 3. The molecule has 1 aromatic heterocycles. The summed E-state index contributed by atoms with van der Waals surface area (Å²) >= 11 is 0. The number of sulfonamides is 1. The molecule has 1 saturated heterocycles. The van der Waals surface area contributed by atoms with E-state index in [4.69, 9.17) is 0 Å². The maximum absolute atomic E-state index is 13.8. The van der Waals surface area contributed by atoms with Gasteiger partial charge in [-0.2, -0.15) is 0 Å². The molecular weight excluding hydrogens is 594 g/mol. The van der Waals surface area contributed by atoms with Crippen molar-refractivity contribution < 1.29 is 27.9 Å². The first-order chi connectivity index (χ1) is 21.4. The van der Waals surface area contributed by atoms with Crippen LogP contribution < -0.4 is 10.0 Å². The predicted molar refractivity (Wildman–Crippen MR) is 172 cm³/mol. The summed E-state index contributed by atoms with van der Waals surface area (Å²) in [5, 5.41) is 14.2. The maximum Gasteiger partial charge on any atom is 0.256 e. The first kappa shape index (κ1) is 31.7. The number of likely N-dealkylation sites (N-methyl/N-ethyl adjacent to an activating group) is 1. The zero-order valence-corrected chi connectivity index (χ0v) is 26.2. The van der Waals surface area contributed by atoms with E-state index >= 15 is 0 Å². The van der Waals surface area contributed by atoms with Gasteiger partial charge in [-0.15, -0.1) is 0 Å². The fourth-order valence-electron chi connectivity index (χ4n) is 5.78. The van der Waals surface area contributed by atoms with Gasteiger partial charge in [0.2, 0.25) is 21.8 Å². The Labute approximate surface area is 262 Å². The number of likely N-dealkylation sites (tertiary alicyclic amines) is 1. The molecule has 5 rings (SSSR count). The molecular formula is C33H37N5O6S. The third-order valence-electron chi connectivity index (χ3n) is 7.92. The summed E-state index contributed by atoms with van der Waals surface area (Å²) in [5.41, 5.74) is 3.28. The van der Waals surface area contributed by atoms with Crippen LogP contribution in [0.1, 0.15) is 27.9 Å². The zero-order chi connectivity index (χ0) is 32.3. The number of hydrogen-bond donors (Lipinski definition) is 3. The van der Waals surface area contributed by atoms with E-state index in [1.807, 2.05) is 66.2 Å². The number of aliphatic hydroxyl groups excluding tert-OH is 1. The minimum atomic E-state index is -3.46. The molecule has 4 aromatic rings. The number of anilines is 1. The van der Waals surface area contributed by atoms with Crippen molar-refractivity contribution in [3.05, 3.63) is 102 Å². The Morgan fingerprint density at radius 1 is 0.978 bits per heavy atom. The van der Waals surface area contributed by atoms with Crippen molar-refractivity contribution in [1.82, 2.24) is 19.7 Å². The number of aromatic nitrogens is 1. The van der Waals surface area contributed by atoms with Crippen LogP contribution in [-0.2, 0) is 39.6 Å². The average molecular weight is 632 g/mol. The van der Waals surface area contributed by atoms with Crippen LogP contribution in [0, 0.1) is 0 Å². The number of benzene rings is 3. The number of aliphatic hydroxyl groups is 1. The molecule has 0 aliphatic carbocycles. The van der Waals surface area contributed by atoms with E-state index in [1.165, 1.54) is 9.80 Å². The van der Waals surface area contributed by atoms with Gasteiger partial charge in [0.1, 0.15) is 12.1 Å². The van der Waals surface area contributed by atoms with Crippen LogP contribution in [0.25, 0.3) is 10.9 Å². The molecule has 2 heterocycles. The molecule has 1 unspecified atom stereocenters. The van der Waals surface area contributed by atoms with Crippen LogP contribution in [-0.4, -0.2) is 83.6 Å². The lowest BCUT2D eigenvalue weighted by Gasteiger charge is -2.28. The summed E-state index contributed by atoms with van der Waals surface area (Å²) in [7, 11) is 0.0348. The Bertz CT molecular complexity index is 1810. The fourth-order valence-corrected chi connectivity index (χ4v) is 6.35. The Hall–Kier alpha value is -4.68. The molecule has 1 aliphatic rings. The lowest BCUT2D eigenvalue weighted by molar-refractivity contribution is -0.136. The lowest BCUT2D eigenvalue weighted by atomic mass is 10.0. The van der Waals surface area contributed by atoms with Gasteiger partial charge >= 0.3 is 0 Å². The van der Waals surface area contributed by atoms with E-state index in [0.29, 0.717) is 23.4 Å². The minimum absolute atomic E-state index is 0.0124. The molecule has 45 heavy (non-hydrogen) atoms. The van der Waals surface area contributed by atoms with Crippen molar-refractivity contribution in [3.8, 4) is 0 Å². The molecule has 0 bridgehead atoms. The number of para-hydroxylation sites is 1. The Kier molecular flexibility index (Phi) is 9.26. The molecule has 1 aliphatic heterocycles. The van der Waals surface area contributed by atoms with Crippen molar-refractivity contribution in [3.63, 3.8) is 0 Å². The van der Waals surface area contributed by atoms with Crippen molar-refractivity contribution in [2.45, 2.75) is 37.6 Å². The molecule has 1 fully saturated rings. The molecule has 3 N–H and O–H groups in total. The number of nitrogens with zero attached hydrogens (tertiary/aromatic N) is 3. The topological polar surface area (TPSA) is 141 Å². The summed E-state index contributed by atoms with van der Waals surface area (Å²) in [4.78, 5) is 44.3. The number of aryl methyl sites for hydroxylation is 1. The molecule has 3 aromatic carbocycles. The van der Waals surface area contributed by atoms with Crippen LogP contribution in [0.4, 0.5) is 5.69 Å². The maximum atomic E-state index is 13.8. The van der Waals surface area contributed by atoms with Crippen molar-refractivity contribution >= 4 is 44.3 Å². The average Bonchev–Trinajstić information content (AvgIpc) is 3.56. The van der Waals surface area contributed by atoms with Crippen LogP contribution >= 0.6 is 0 Å². The summed E-state index contributed by atoms with van der Waals surface area (Å²) in [6.45, 7) is 0.304. The van der Waals surface area contributed by atoms with Gasteiger partial charge in [0.25, 0.3) is 5.91 Å². The summed E-state index contributed by atoms with van der Waals surface area (Å²) in [6.07, 6.45) is 2.04. The second-order valence-electron chi connectivity index (χ2n) is 11.6. The number of nitrogens with one attached hydrogen (secondary N) is 2. The summed E-state index contributed by atoms with van der Waals surface area (Å²) < 4.78 is 27.5. The highest BCUT2D eigenvalue weighted by Gasteiger charge is 2.41. The molecule has 3 amide bonds. The van der Waals surface area contributed by atoms with Gasteiger partial charge < -0.3 is 24.8 Å². The van der Waals surface area contributed by atoms with E-state index in [-0.39, 0.29) is 31.2 Å². The van der Waals surface area contributed by atoms with Crippen molar-refractivity contribution in [1.29, 1.82) is 0 Å². The molecule has 0 radical (unpaired) electrons. The SMILES string of the molecule is CN(Cc1ccccc1)C(=O)[C@@H](Cc1ccc(NS(C)(=O)=O)cc1)NC(=O)C1C[C@@H](O)CN1C(=O)c1cn(C)c2ccccc12. The van der Waals surface area contributed by atoms with Crippen LogP contribution in [0.5, 0.6) is 0 Å². The standard InChI is InChI=1S/C33H37N5O6S/c1-36-21-27(26-11-7-8-12-29(26)36)32(41)38-20-25(39)18-30(38)31(40)34-28(33(42)37(2)19-23-9-5-4-6-10-23)17-22-13-15-24(16-14-22)35-45(3,43)44/h4-16,21,25,28,30,35,39H,17-20H2,1-3H3,(H,34,40)/t25-,28-,30?/m1/s1. The van der Waals surface area contributed by atoms with Gasteiger partial charge in [-0.05, 0) is 29.3 Å². The number of hydrogen-bond acceptors (Lipinski definition) is 6. The highest BCUT2D eigenvalue weighted by molar-refractivity contribution is 7.92. The Morgan fingerprint density at radius 2 is 1.64 bits per heavy atom. The molecule has 236 valence electrons. The van der Waals surface area contributed by atoms with Gasteiger partial charge in [0, 0.05) is 62.8 Å². The van der Waals surface area contributed by atoms with E-state index in [9.17, 15) is 27.9 Å². The quantitative estimate of drug-likeness (QED) is 0.246. The van der Waals surface area contributed by atoms with E-state index in [1.54, 1.807) is 37.5 Å². The van der Waals surface area contributed by atoms with Crippen molar-refractivity contribution in [2.24, 2.45) is 7.05 Å². The van der Waals surface area contributed by atoms with Gasteiger partial charge in [0.05, 0.1) is 17.9 Å². The Morgan fingerprint density at radius 3 is 2.33 bits per heavy atom. The number of fused-ring (bicyclic) bond motifs is 1. The first-order valence-electron chi connectivity index (χ1n) is 14.6. The van der Waals surface area contributed by atoms with Crippen LogP contribution in [0.3, 0.4) is 0 Å². The third-order valence-corrected chi connectivity index (χ3v) is 8.53. The summed E-state index contributed by atoms with van der Waals surface area (Å²) in [6, 6.07) is 21.5. The van der Waals surface area contributed by atoms with Gasteiger partial charge in [-0.3, -0.25) is 19.1 Å². The highest BCUT2D eigenvalue weighted by atomic mass is 32.2. The van der Waals surface area contributed by atoms with Crippen LogP contribution in [0.2, 0.25) is 0 Å². The molecule has 12 heteroatoms. The predicted octanol–water partition coefficient (Wildman–Crippen LogP) is 2.51. The van der Waals surface area contributed by atoms with E-state index < -0.39 is 34.1 Å². The lowest BCUT2D eigenvalue weighted by Crippen LogP contribution is -2.54. The molecule has 0 saturated carbocycles. The number of carbonyl (C=O) groups excluding carboxylic acids is 3. The second kappa shape index (κ2) is 13.1. The van der Waals surface area contributed by atoms with E-state index in [0.717, 1.165) is 22.7 Å². The van der Waals surface area contributed by atoms with Gasteiger partial charge in [0.15, 0.2) is 0 Å². The normalized spacial score (nSPS) is 17.2. The zero-order valence-electron chi connectivity index (χ0n) is 25.4. The van der Waals surface area contributed by atoms with Crippen molar-refractivity contribution in [2.75, 3.05) is 24.6 Å². The largest absolute Gasteiger partial charge is 0.391 e. The number of β-amino-alcohol motifs (C(OH)–C–C–N with tert-alkyl or cyclic N) is 1. The highest BCUT2D eigenvalue weighted by Crippen LogP contribution is 2.27. The van der Waals surface area contributed by atoms with Gasteiger partial charge in [-0.1, -0.05) is 60.7 Å². The first-order valence-corrected chi connectivity index (χ1v) is 16.5. The van der Waals surface area contributed by atoms with E-state index in [2.05, 4.69) is 10.0 Å². The fraction of sp³-hybridized carbons (Fsp3) is 0.303. The minimum Gasteiger partial charge on any atom is -0.391 e. The second-order valence-corrected chi connectivity index (χ2v) is 13.3. The Balaban J connectivity index is 1.38. The van der Waals surface area contributed by atoms with Crippen LogP contribution in [0.15, 0.2) is 85.1 Å². The molecule has 11 nitrogen and oxygen atoms in total. The summed E-state index contributed by atoms with van der Waals surface area (Å²) in [5.74, 6) is -1.25. The molecule has 0 spiro atoms. The monoisotopic (exact) mass is 631 g/mol.